The van der Waals surface area contributed by atoms with Crippen LogP contribution >= 0.6 is 0 Å². The Kier molecular flexibility index (Phi) is 5.58. The molecule has 1 saturated heterocycles. The molecule has 0 spiro atoms. The molecule has 0 aromatic rings. The highest BCUT2D eigenvalue weighted by molar-refractivity contribution is 7.86. The molecule has 1 rings (SSSR count). The number of rotatable bonds is 8. The van der Waals surface area contributed by atoms with Crippen molar-refractivity contribution in [3.63, 3.8) is 0 Å². The van der Waals surface area contributed by atoms with Gasteiger partial charge in [0.25, 0.3) is 10.2 Å². The first-order chi connectivity index (χ1) is 8.39. The highest BCUT2D eigenvalue weighted by Gasteiger charge is 2.47. The van der Waals surface area contributed by atoms with Crippen molar-refractivity contribution in [2.24, 2.45) is 0 Å². The summed E-state index contributed by atoms with van der Waals surface area (Å²) in [5.74, 6) is 0. The third kappa shape index (κ3) is 3.44. The van der Waals surface area contributed by atoms with E-state index in [-0.39, 0.29) is 13.1 Å². The molecule has 1 aliphatic rings. The van der Waals surface area contributed by atoms with Crippen LogP contribution in [-0.4, -0.2) is 53.9 Å². The van der Waals surface area contributed by atoms with Crippen molar-refractivity contribution in [3.8, 4) is 0 Å². The Balaban J connectivity index is 2.65. The van der Waals surface area contributed by atoms with Gasteiger partial charge in [-0.15, -0.1) is 0 Å². The Morgan fingerprint density at radius 3 is 2.00 bits per heavy atom. The molecule has 0 atom stereocenters. The number of hydrogen-bond acceptors (Lipinski definition) is 3. The van der Waals surface area contributed by atoms with Gasteiger partial charge in [0, 0.05) is 26.2 Å². The molecule has 1 fully saturated rings. The Morgan fingerprint density at radius 2 is 1.61 bits per heavy atom. The second kappa shape index (κ2) is 6.32. The number of β-amino-alcohol motifs (C(OH)–C–C–N with tert-alkyl or cyclic N) is 1. The molecule has 0 saturated carbocycles. The summed E-state index contributed by atoms with van der Waals surface area (Å²) >= 11 is 0. The Labute approximate surface area is 111 Å². The van der Waals surface area contributed by atoms with E-state index in [9.17, 15) is 13.5 Å². The number of hydrogen-bond donors (Lipinski definition) is 1. The van der Waals surface area contributed by atoms with E-state index in [1.165, 1.54) is 8.61 Å². The van der Waals surface area contributed by atoms with Crippen LogP contribution in [0.1, 0.15) is 46.5 Å². The maximum Gasteiger partial charge on any atom is 0.282 e. The second-order valence-electron chi connectivity index (χ2n) is 5.15. The van der Waals surface area contributed by atoms with E-state index >= 15 is 0 Å². The molecule has 0 aliphatic carbocycles. The quantitative estimate of drug-likeness (QED) is 0.726. The lowest BCUT2D eigenvalue weighted by Crippen LogP contribution is -2.65. The summed E-state index contributed by atoms with van der Waals surface area (Å²) in [5.41, 5.74) is -0.800. The summed E-state index contributed by atoms with van der Waals surface area (Å²) in [4.78, 5) is 0. The maximum atomic E-state index is 12.3. The van der Waals surface area contributed by atoms with E-state index in [0.29, 0.717) is 19.5 Å². The van der Waals surface area contributed by atoms with E-state index in [1.54, 1.807) is 0 Å². The van der Waals surface area contributed by atoms with Crippen LogP contribution < -0.4 is 0 Å². The summed E-state index contributed by atoms with van der Waals surface area (Å²) in [5, 5.41) is 10.1. The highest BCUT2D eigenvalue weighted by atomic mass is 32.2. The predicted molar refractivity (Wildman–Crippen MR) is 72.5 cm³/mol. The lowest BCUT2D eigenvalue weighted by Gasteiger charge is -2.46. The molecule has 0 aromatic carbocycles. The van der Waals surface area contributed by atoms with Gasteiger partial charge in [-0.2, -0.15) is 17.0 Å². The highest BCUT2D eigenvalue weighted by Crippen LogP contribution is 2.29. The molecule has 1 aliphatic heterocycles. The lowest BCUT2D eigenvalue weighted by molar-refractivity contribution is -0.0674. The average molecular weight is 278 g/mol. The topological polar surface area (TPSA) is 60.9 Å². The molecule has 0 amide bonds. The molecule has 5 nitrogen and oxygen atoms in total. The normalized spacial score (nSPS) is 20.1. The van der Waals surface area contributed by atoms with Crippen molar-refractivity contribution in [3.05, 3.63) is 0 Å². The Morgan fingerprint density at radius 1 is 1.11 bits per heavy atom. The smallest absolute Gasteiger partial charge is 0.282 e. The Hall–Kier alpha value is -0.170. The average Bonchev–Trinajstić information content (AvgIpc) is 2.25. The van der Waals surface area contributed by atoms with Crippen LogP contribution in [0, 0.1) is 0 Å². The van der Waals surface area contributed by atoms with Gasteiger partial charge >= 0.3 is 0 Å². The molecule has 18 heavy (non-hydrogen) atoms. The molecule has 0 unspecified atom stereocenters. The molecule has 0 radical (unpaired) electrons. The van der Waals surface area contributed by atoms with Gasteiger partial charge in [-0.3, -0.25) is 0 Å². The fraction of sp³-hybridized carbons (Fsp3) is 1.00. The third-order valence-electron chi connectivity index (χ3n) is 3.26. The van der Waals surface area contributed by atoms with Gasteiger partial charge in [0.05, 0.1) is 5.60 Å². The largest absolute Gasteiger partial charge is 0.387 e. The zero-order valence-corrected chi connectivity index (χ0v) is 12.5. The number of nitrogens with zero attached hydrogens (tertiary/aromatic N) is 2. The first-order valence-electron chi connectivity index (χ1n) is 6.87. The van der Waals surface area contributed by atoms with Gasteiger partial charge in [-0.05, 0) is 19.3 Å². The van der Waals surface area contributed by atoms with Gasteiger partial charge in [-0.25, -0.2) is 0 Å². The summed E-state index contributed by atoms with van der Waals surface area (Å²) in [6.45, 7) is 7.54. The fourth-order valence-electron chi connectivity index (χ4n) is 2.40. The molecular formula is C12H26N2O3S. The minimum atomic E-state index is -3.37. The fourth-order valence-corrected chi connectivity index (χ4v) is 4.36. The third-order valence-corrected chi connectivity index (χ3v) is 5.18. The summed E-state index contributed by atoms with van der Waals surface area (Å²) < 4.78 is 27.6. The van der Waals surface area contributed by atoms with E-state index in [1.807, 2.05) is 20.8 Å². The molecule has 0 aromatic heterocycles. The monoisotopic (exact) mass is 278 g/mol. The van der Waals surface area contributed by atoms with Gasteiger partial charge in [0.1, 0.15) is 0 Å². The van der Waals surface area contributed by atoms with Crippen molar-refractivity contribution in [1.29, 1.82) is 0 Å². The molecule has 1 heterocycles. The lowest BCUT2D eigenvalue weighted by atomic mass is 9.92. The van der Waals surface area contributed by atoms with Gasteiger partial charge in [0.15, 0.2) is 0 Å². The van der Waals surface area contributed by atoms with Crippen LogP contribution in [0.4, 0.5) is 0 Å². The Bertz CT molecular complexity index is 344. The zero-order chi connectivity index (χ0) is 13.8. The maximum absolute atomic E-state index is 12.3. The van der Waals surface area contributed by atoms with Crippen LogP contribution in [0.15, 0.2) is 0 Å². The first kappa shape index (κ1) is 15.9. The first-order valence-corrected chi connectivity index (χ1v) is 8.27. The number of aliphatic hydroxyl groups is 1. The molecule has 108 valence electrons. The minimum Gasteiger partial charge on any atom is -0.387 e. The summed E-state index contributed by atoms with van der Waals surface area (Å²) in [6, 6.07) is 0. The van der Waals surface area contributed by atoms with Crippen LogP contribution in [0.5, 0.6) is 0 Å². The van der Waals surface area contributed by atoms with Crippen LogP contribution in [0.3, 0.4) is 0 Å². The molecule has 1 N–H and O–H groups in total. The zero-order valence-electron chi connectivity index (χ0n) is 11.7. The standard InChI is InChI=1S/C12H26N2O3S/c1-4-7-12(15)10-14(11-12)18(16,17)13(8-5-2)9-6-3/h15H,4-11H2,1-3H3. The van der Waals surface area contributed by atoms with Crippen molar-refractivity contribution >= 4 is 10.2 Å². The SMILES string of the molecule is CCCN(CCC)S(=O)(=O)N1CC(O)(CCC)C1. The molecule has 6 heteroatoms. The minimum absolute atomic E-state index is 0.243. The molecular weight excluding hydrogens is 252 g/mol. The van der Waals surface area contributed by atoms with Gasteiger partial charge in [0.2, 0.25) is 0 Å². The van der Waals surface area contributed by atoms with Crippen molar-refractivity contribution < 1.29 is 13.5 Å². The summed E-state index contributed by atoms with van der Waals surface area (Å²) in [6.07, 6.45) is 3.16. The van der Waals surface area contributed by atoms with E-state index in [0.717, 1.165) is 19.3 Å². The molecule has 0 bridgehead atoms. The van der Waals surface area contributed by atoms with Gasteiger partial charge in [-0.1, -0.05) is 27.2 Å². The van der Waals surface area contributed by atoms with Crippen molar-refractivity contribution in [2.45, 2.75) is 52.1 Å². The van der Waals surface area contributed by atoms with E-state index in [4.69, 9.17) is 0 Å². The predicted octanol–water partition coefficient (Wildman–Crippen LogP) is 1.20. The van der Waals surface area contributed by atoms with E-state index in [2.05, 4.69) is 0 Å². The second-order valence-corrected chi connectivity index (χ2v) is 7.08. The van der Waals surface area contributed by atoms with Crippen molar-refractivity contribution in [2.75, 3.05) is 26.2 Å². The van der Waals surface area contributed by atoms with Gasteiger partial charge < -0.3 is 5.11 Å². The van der Waals surface area contributed by atoms with Crippen LogP contribution in [0.2, 0.25) is 0 Å². The van der Waals surface area contributed by atoms with Crippen LogP contribution in [0.25, 0.3) is 0 Å². The van der Waals surface area contributed by atoms with E-state index < -0.39 is 15.8 Å². The van der Waals surface area contributed by atoms with Crippen molar-refractivity contribution in [1.82, 2.24) is 8.61 Å². The van der Waals surface area contributed by atoms with Crippen LogP contribution in [-0.2, 0) is 10.2 Å². The summed E-state index contributed by atoms with van der Waals surface area (Å²) in [7, 11) is -3.37.